The van der Waals surface area contributed by atoms with Gasteiger partial charge in [0.25, 0.3) is 0 Å². The minimum Gasteiger partial charge on any atom is -0.493 e. The van der Waals surface area contributed by atoms with Gasteiger partial charge in [-0.3, -0.25) is 0 Å². The van der Waals surface area contributed by atoms with Crippen LogP contribution in [0.5, 0.6) is 11.5 Å². The van der Waals surface area contributed by atoms with Gasteiger partial charge in [0.2, 0.25) is 8.32 Å². The largest absolute Gasteiger partial charge is 0.493 e. The summed E-state index contributed by atoms with van der Waals surface area (Å²) < 4.78 is 30.0. The van der Waals surface area contributed by atoms with E-state index in [1.807, 2.05) is 73.8 Å². The van der Waals surface area contributed by atoms with Crippen molar-refractivity contribution in [2.75, 3.05) is 14.2 Å². The van der Waals surface area contributed by atoms with E-state index < -0.39 is 38.6 Å². The summed E-state index contributed by atoms with van der Waals surface area (Å²) in [7, 11) is 0.383. The van der Waals surface area contributed by atoms with Crippen LogP contribution >= 0.6 is 0 Å². The van der Waals surface area contributed by atoms with Crippen LogP contribution < -0.4 is 14.7 Å². The molecule has 0 N–H and O–H groups in total. The van der Waals surface area contributed by atoms with E-state index in [1.54, 1.807) is 37.4 Å². The number of carbonyl (C=O) groups excluding carboxylic acids is 2. The summed E-state index contributed by atoms with van der Waals surface area (Å²) >= 11 is 0. The molecule has 41 heavy (non-hydrogen) atoms. The smallest absolute Gasteiger partial charge is 0.339 e. The number of ether oxygens (including phenoxy) is 4. The SMILES string of the molecule is COc1cc2c(cc1OC)[Si](C)(C)O[C@H](C(=O)OC1c3ccccc3-c3ccccc31)[C@H]2OC(=O)c1ccccc1. The van der Waals surface area contributed by atoms with E-state index in [4.69, 9.17) is 23.4 Å². The zero-order valence-electron chi connectivity index (χ0n) is 23.3. The predicted molar refractivity (Wildman–Crippen MR) is 156 cm³/mol. The predicted octanol–water partition coefficient (Wildman–Crippen LogP) is 5.73. The molecule has 0 saturated heterocycles. The van der Waals surface area contributed by atoms with Crippen molar-refractivity contribution >= 4 is 25.4 Å². The number of rotatable bonds is 6. The minimum atomic E-state index is -2.72. The molecule has 0 fully saturated rings. The molecule has 0 aromatic heterocycles. The summed E-state index contributed by atoms with van der Waals surface area (Å²) in [4.78, 5) is 27.4. The van der Waals surface area contributed by atoms with Crippen LogP contribution in [0.2, 0.25) is 13.1 Å². The minimum absolute atomic E-state index is 0.363. The Morgan fingerprint density at radius 2 is 1.27 bits per heavy atom. The highest BCUT2D eigenvalue weighted by Crippen LogP contribution is 2.46. The number of fused-ring (bicyclic) bond motifs is 4. The van der Waals surface area contributed by atoms with E-state index in [9.17, 15) is 9.59 Å². The van der Waals surface area contributed by atoms with Crippen LogP contribution in [0, 0.1) is 0 Å². The van der Waals surface area contributed by atoms with Crippen LogP contribution in [0.15, 0.2) is 91.0 Å². The molecule has 1 aliphatic carbocycles. The van der Waals surface area contributed by atoms with Crippen molar-refractivity contribution in [2.45, 2.75) is 31.4 Å². The van der Waals surface area contributed by atoms with Gasteiger partial charge in [0, 0.05) is 16.7 Å². The Morgan fingerprint density at radius 3 is 1.88 bits per heavy atom. The van der Waals surface area contributed by atoms with Gasteiger partial charge in [-0.05, 0) is 53.7 Å². The molecule has 4 aromatic rings. The highest BCUT2D eigenvalue weighted by Gasteiger charge is 2.49. The van der Waals surface area contributed by atoms with E-state index in [0.29, 0.717) is 22.6 Å². The molecule has 0 bridgehead atoms. The molecule has 1 heterocycles. The fourth-order valence-corrected chi connectivity index (χ4v) is 8.10. The molecule has 7 nitrogen and oxygen atoms in total. The molecule has 0 saturated carbocycles. The Kier molecular flexibility index (Phi) is 6.89. The summed E-state index contributed by atoms with van der Waals surface area (Å²) in [5.41, 5.74) is 4.85. The van der Waals surface area contributed by atoms with Crippen LogP contribution in [-0.2, 0) is 18.7 Å². The van der Waals surface area contributed by atoms with Crippen molar-refractivity contribution in [3.63, 3.8) is 0 Å². The van der Waals surface area contributed by atoms with Gasteiger partial charge in [0.05, 0.1) is 19.8 Å². The summed E-state index contributed by atoms with van der Waals surface area (Å²) in [6.07, 6.45) is -2.87. The zero-order valence-corrected chi connectivity index (χ0v) is 24.3. The maximum absolute atomic E-state index is 14.1. The summed E-state index contributed by atoms with van der Waals surface area (Å²) in [5.74, 6) is -0.183. The van der Waals surface area contributed by atoms with Crippen LogP contribution in [0.4, 0.5) is 0 Å². The van der Waals surface area contributed by atoms with Crippen LogP contribution in [0.1, 0.15) is 39.3 Å². The average molecular weight is 567 g/mol. The third-order valence-corrected chi connectivity index (χ3v) is 10.3. The van der Waals surface area contributed by atoms with Crippen LogP contribution in [0.25, 0.3) is 11.1 Å². The van der Waals surface area contributed by atoms with Gasteiger partial charge in [0.15, 0.2) is 29.8 Å². The number of hydrogen-bond acceptors (Lipinski definition) is 7. The first-order valence-electron chi connectivity index (χ1n) is 13.4. The van der Waals surface area contributed by atoms with Crippen molar-refractivity contribution < 1.29 is 33.0 Å². The number of carbonyl (C=O) groups is 2. The Labute approximate surface area is 239 Å². The topological polar surface area (TPSA) is 80.3 Å². The van der Waals surface area contributed by atoms with Gasteiger partial charge < -0.3 is 23.4 Å². The third-order valence-electron chi connectivity index (χ3n) is 7.69. The molecular weight excluding hydrogens is 536 g/mol. The Morgan fingerprint density at radius 1 is 0.707 bits per heavy atom. The standard InChI is InChI=1S/C33H30O7Si/c1-36-26-18-25-28(19-27(26)37-2)41(3,4)40-31(30(25)39-32(34)20-12-6-5-7-13-20)33(35)38-29-23-16-10-8-14-21(23)22-15-9-11-17-24(22)29/h5-19,29-31H,1-4H3/t30-,31-/m0/s1. The van der Waals surface area contributed by atoms with Crippen molar-refractivity contribution in [3.05, 3.63) is 113 Å². The molecule has 208 valence electrons. The summed E-state index contributed by atoms with van der Waals surface area (Å²) in [5, 5.41) is 0.849. The molecule has 2 atom stereocenters. The van der Waals surface area contributed by atoms with Crippen molar-refractivity contribution in [2.24, 2.45) is 0 Å². The lowest BCUT2D eigenvalue weighted by atomic mass is 10.0. The zero-order chi connectivity index (χ0) is 28.7. The Bertz CT molecular complexity index is 1590. The van der Waals surface area contributed by atoms with Gasteiger partial charge in [-0.25, -0.2) is 9.59 Å². The number of hydrogen-bond donors (Lipinski definition) is 0. The van der Waals surface area contributed by atoms with Gasteiger partial charge in [0.1, 0.15) is 0 Å². The Balaban J connectivity index is 1.42. The average Bonchev–Trinajstić information content (AvgIpc) is 3.31. The molecule has 0 radical (unpaired) electrons. The maximum atomic E-state index is 14.1. The molecule has 0 unspecified atom stereocenters. The van der Waals surface area contributed by atoms with Crippen LogP contribution in [0.3, 0.4) is 0 Å². The fourth-order valence-electron chi connectivity index (χ4n) is 5.73. The monoisotopic (exact) mass is 566 g/mol. The fraction of sp³-hybridized carbons (Fsp3) is 0.212. The quantitative estimate of drug-likeness (QED) is 0.218. The Hall–Kier alpha value is -4.40. The number of methoxy groups -OCH3 is 2. The second-order valence-corrected chi connectivity index (χ2v) is 14.3. The van der Waals surface area contributed by atoms with Gasteiger partial charge in [-0.15, -0.1) is 0 Å². The van der Waals surface area contributed by atoms with Crippen molar-refractivity contribution in [1.82, 2.24) is 0 Å². The van der Waals surface area contributed by atoms with Crippen LogP contribution in [-0.4, -0.2) is 40.6 Å². The first-order valence-corrected chi connectivity index (χ1v) is 16.3. The first-order chi connectivity index (χ1) is 19.8. The lowest BCUT2D eigenvalue weighted by Gasteiger charge is -2.40. The molecule has 0 amide bonds. The molecular formula is C33H30O7Si. The van der Waals surface area contributed by atoms with E-state index in [1.165, 1.54) is 7.11 Å². The summed E-state index contributed by atoms with van der Waals surface area (Å²) in [6.45, 7) is 3.99. The molecule has 8 heteroatoms. The van der Waals surface area contributed by atoms with Gasteiger partial charge >= 0.3 is 11.9 Å². The number of esters is 2. The van der Waals surface area contributed by atoms with Gasteiger partial charge in [-0.2, -0.15) is 0 Å². The van der Waals surface area contributed by atoms with E-state index in [2.05, 4.69) is 0 Å². The lowest BCUT2D eigenvalue weighted by molar-refractivity contribution is -0.162. The molecule has 6 rings (SSSR count). The maximum Gasteiger partial charge on any atom is 0.339 e. The lowest BCUT2D eigenvalue weighted by Crippen LogP contribution is -2.58. The van der Waals surface area contributed by atoms with Gasteiger partial charge in [-0.1, -0.05) is 66.7 Å². The van der Waals surface area contributed by atoms with E-state index in [-0.39, 0.29) is 0 Å². The molecule has 4 aromatic carbocycles. The molecule has 2 aliphatic rings. The highest BCUT2D eigenvalue weighted by molar-refractivity contribution is 6.85. The molecule has 0 spiro atoms. The second-order valence-electron chi connectivity index (χ2n) is 10.5. The van der Waals surface area contributed by atoms with Crippen molar-refractivity contribution in [1.29, 1.82) is 0 Å². The highest BCUT2D eigenvalue weighted by atomic mass is 28.4. The third kappa shape index (κ3) is 4.69. The normalized spacial score (nSPS) is 18.4. The summed E-state index contributed by atoms with van der Waals surface area (Å²) in [6, 6.07) is 28.1. The van der Waals surface area contributed by atoms with E-state index in [0.717, 1.165) is 27.4 Å². The second kappa shape index (κ2) is 10.5. The van der Waals surface area contributed by atoms with Crippen molar-refractivity contribution in [3.8, 4) is 22.6 Å². The van der Waals surface area contributed by atoms with E-state index >= 15 is 0 Å². The molecule has 1 aliphatic heterocycles. The number of benzene rings is 4. The first kappa shape index (κ1) is 26.8.